The summed E-state index contributed by atoms with van der Waals surface area (Å²) in [5.41, 5.74) is 2.16. The highest BCUT2D eigenvalue weighted by atomic mass is 32.2. The van der Waals surface area contributed by atoms with Crippen LogP contribution in [0.25, 0.3) is 6.08 Å². The number of methoxy groups -OCH3 is 2. The fourth-order valence-electron chi connectivity index (χ4n) is 3.60. The lowest BCUT2D eigenvalue weighted by Gasteiger charge is -2.12. The molecule has 0 atom stereocenters. The maximum Gasteiger partial charge on any atom is 0.269 e. The highest BCUT2D eigenvalue weighted by Gasteiger charge is 2.32. The van der Waals surface area contributed by atoms with Gasteiger partial charge in [0.05, 0.1) is 29.7 Å². The Kier molecular flexibility index (Phi) is 8.09. The van der Waals surface area contributed by atoms with Crippen molar-refractivity contribution in [1.82, 2.24) is 4.90 Å². The monoisotopic (exact) mass is 519 g/mol. The van der Waals surface area contributed by atoms with Crippen LogP contribution >= 0.6 is 11.8 Å². The van der Waals surface area contributed by atoms with Crippen molar-refractivity contribution in [2.24, 2.45) is 4.99 Å². The Labute approximate surface area is 218 Å². The molecule has 0 spiro atoms. The smallest absolute Gasteiger partial charge is 0.269 e. The SMILES string of the molecule is CCN1C(=O)/C(=C\c2ccc(OCc3cccc([N+](=O)[O-])c3)c(OC)c2)SC1=Nc1ccc(OC)cc1. The van der Waals surface area contributed by atoms with E-state index in [2.05, 4.69) is 4.99 Å². The first-order valence-corrected chi connectivity index (χ1v) is 12.2. The number of likely N-dealkylation sites (N-methyl/N-ethyl adjacent to an activating group) is 1. The van der Waals surface area contributed by atoms with Crippen LogP contribution in [0.2, 0.25) is 0 Å². The van der Waals surface area contributed by atoms with Gasteiger partial charge >= 0.3 is 0 Å². The lowest BCUT2D eigenvalue weighted by atomic mass is 10.1. The van der Waals surface area contributed by atoms with Crippen molar-refractivity contribution in [3.8, 4) is 17.2 Å². The van der Waals surface area contributed by atoms with Crippen LogP contribution in [0.1, 0.15) is 18.1 Å². The number of hydrogen-bond acceptors (Lipinski definition) is 8. The molecule has 190 valence electrons. The quantitative estimate of drug-likeness (QED) is 0.199. The standard InChI is InChI=1S/C27H25N3O6S/c1-4-29-26(31)25(37-27(29)28-20-9-11-22(34-2)12-10-20)16-18-8-13-23(24(15-18)35-3)36-17-19-6-5-7-21(14-19)30(32)33/h5-16H,4,17H2,1-3H3/b25-16+,28-27?. The van der Waals surface area contributed by atoms with E-state index in [1.54, 1.807) is 42.4 Å². The van der Waals surface area contributed by atoms with E-state index in [9.17, 15) is 14.9 Å². The van der Waals surface area contributed by atoms with Gasteiger partial charge in [0.15, 0.2) is 16.7 Å². The molecule has 1 aliphatic rings. The zero-order valence-electron chi connectivity index (χ0n) is 20.5. The van der Waals surface area contributed by atoms with Gasteiger partial charge in [-0.25, -0.2) is 4.99 Å². The van der Waals surface area contributed by atoms with Crippen LogP contribution in [0.3, 0.4) is 0 Å². The largest absolute Gasteiger partial charge is 0.497 e. The number of nitro benzene ring substituents is 1. The molecular weight excluding hydrogens is 494 g/mol. The number of thioether (sulfide) groups is 1. The summed E-state index contributed by atoms with van der Waals surface area (Å²) in [7, 11) is 3.13. The predicted molar refractivity (Wildman–Crippen MR) is 143 cm³/mol. The zero-order valence-corrected chi connectivity index (χ0v) is 21.4. The molecule has 1 heterocycles. The van der Waals surface area contributed by atoms with Crippen LogP contribution in [0.15, 0.2) is 76.6 Å². The molecule has 1 fully saturated rings. The molecule has 0 aliphatic carbocycles. The van der Waals surface area contributed by atoms with Crippen molar-refractivity contribution >= 4 is 40.3 Å². The van der Waals surface area contributed by atoms with Crippen LogP contribution in [0.5, 0.6) is 17.2 Å². The summed E-state index contributed by atoms with van der Waals surface area (Å²) in [5.74, 6) is 1.58. The van der Waals surface area contributed by atoms with Gasteiger partial charge in [-0.1, -0.05) is 18.2 Å². The Bertz CT molecular complexity index is 1370. The molecule has 1 saturated heterocycles. The van der Waals surface area contributed by atoms with E-state index in [1.807, 2.05) is 37.3 Å². The maximum absolute atomic E-state index is 13.0. The normalized spacial score (nSPS) is 15.3. The lowest BCUT2D eigenvalue weighted by Crippen LogP contribution is -2.28. The molecule has 10 heteroatoms. The summed E-state index contributed by atoms with van der Waals surface area (Å²) in [5, 5.41) is 11.6. The second kappa shape index (κ2) is 11.6. The van der Waals surface area contributed by atoms with Gasteiger partial charge < -0.3 is 14.2 Å². The third-order valence-electron chi connectivity index (χ3n) is 5.50. The van der Waals surface area contributed by atoms with Crippen molar-refractivity contribution in [2.45, 2.75) is 13.5 Å². The Morgan fingerprint density at radius 3 is 2.49 bits per heavy atom. The first-order chi connectivity index (χ1) is 17.9. The van der Waals surface area contributed by atoms with Gasteiger partial charge in [-0.2, -0.15) is 0 Å². The van der Waals surface area contributed by atoms with Gasteiger partial charge in [0.25, 0.3) is 11.6 Å². The number of aliphatic imine (C=N–C) groups is 1. The molecule has 3 aromatic rings. The predicted octanol–water partition coefficient (Wildman–Crippen LogP) is 5.81. The number of carbonyl (C=O) groups excluding carboxylic acids is 1. The number of ether oxygens (including phenoxy) is 3. The van der Waals surface area contributed by atoms with Gasteiger partial charge in [0.2, 0.25) is 0 Å². The summed E-state index contributed by atoms with van der Waals surface area (Å²) in [6, 6.07) is 18.9. The fraction of sp³-hybridized carbons (Fsp3) is 0.185. The number of nitro groups is 1. The number of rotatable bonds is 9. The molecule has 0 bridgehead atoms. The van der Waals surface area contributed by atoms with Crippen molar-refractivity contribution in [2.75, 3.05) is 20.8 Å². The number of non-ortho nitro benzene ring substituents is 1. The minimum atomic E-state index is -0.443. The van der Waals surface area contributed by atoms with Gasteiger partial charge in [-0.15, -0.1) is 0 Å². The first-order valence-electron chi connectivity index (χ1n) is 11.4. The number of nitrogens with zero attached hydrogens (tertiary/aromatic N) is 3. The molecule has 0 N–H and O–H groups in total. The molecule has 37 heavy (non-hydrogen) atoms. The van der Waals surface area contributed by atoms with E-state index < -0.39 is 4.92 Å². The molecule has 3 aromatic carbocycles. The van der Waals surface area contributed by atoms with E-state index in [0.29, 0.717) is 33.7 Å². The van der Waals surface area contributed by atoms with Crippen LogP contribution in [0.4, 0.5) is 11.4 Å². The second-order valence-electron chi connectivity index (χ2n) is 7.88. The molecular formula is C27H25N3O6S. The molecule has 0 unspecified atom stereocenters. The summed E-state index contributed by atoms with van der Waals surface area (Å²) in [6.45, 7) is 2.54. The zero-order chi connectivity index (χ0) is 26.4. The van der Waals surface area contributed by atoms with Gasteiger partial charge in [0.1, 0.15) is 12.4 Å². The Balaban J connectivity index is 1.52. The molecule has 1 aliphatic heterocycles. The molecule has 0 aromatic heterocycles. The second-order valence-corrected chi connectivity index (χ2v) is 8.89. The molecule has 1 amide bonds. The average Bonchev–Trinajstić information content (AvgIpc) is 3.21. The van der Waals surface area contributed by atoms with E-state index in [0.717, 1.165) is 17.0 Å². The highest BCUT2D eigenvalue weighted by Crippen LogP contribution is 2.36. The third kappa shape index (κ3) is 6.10. The van der Waals surface area contributed by atoms with E-state index in [4.69, 9.17) is 14.2 Å². The van der Waals surface area contributed by atoms with Crippen LogP contribution in [0, 0.1) is 10.1 Å². The van der Waals surface area contributed by atoms with E-state index in [-0.39, 0.29) is 18.2 Å². The number of hydrogen-bond donors (Lipinski definition) is 0. The van der Waals surface area contributed by atoms with Crippen molar-refractivity contribution in [3.63, 3.8) is 0 Å². The summed E-state index contributed by atoms with van der Waals surface area (Å²) >= 11 is 1.31. The number of benzene rings is 3. The minimum Gasteiger partial charge on any atom is -0.497 e. The number of amidine groups is 1. The lowest BCUT2D eigenvalue weighted by molar-refractivity contribution is -0.384. The number of carbonyl (C=O) groups is 1. The Morgan fingerprint density at radius 1 is 1.03 bits per heavy atom. The van der Waals surface area contributed by atoms with Crippen molar-refractivity contribution in [1.29, 1.82) is 0 Å². The van der Waals surface area contributed by atoms with Crippen LogP contribution in [-0.4, -0.2) is 41.7 Å². The summed E-state index contributed by atoms with van der Waals surface area (Å²) in [4.78, 5) is 30.4. The summed E-state index contributed by atoms with van der Waals surface area (Å²) < 4.78 is 16.5. The number of amides is 1. The molecule has 9 nitrogen and oxygen atoms in total. The average molecular weight is 520 g/mol. The first kappa shape index (κ1) is 25.8. The summed E-state index contributed by atoms with van der Waals surface area (Å²) in [6.07, 6.45) is 1.79. The van der Waals surface area contributed by atoms with E-state index >= 15 is 0 Å². The Hall–Kier alpha value is -4.31. The third-order valence-corrected chi connectivity index (χ3v) is 6.51. The van der Waals surface area contributed by atoms with Crippen LogP contribution < -0.4 is 14.2 Å². The molecule has 0 radical (unpaired) electrons. The van der Waals surface area contributed by atoms with Gasteiger partial charge in [-0.05, 0) is 72.3 Å². The molecule has 0 saturated carbocycles. The van der Waals surface area contributed by atoms with Gasteiger partial charge in [0, 0.05) is 18.7 Å². The minimum absolute atomic E-state index is 0.00444. The fourth-order valence-corrected chi connectivity index (χ4v) is 4.67. The maximum atomic E-state index is 13.0. The van der Waals surface area contributed by atoms with E-state index in [1.165, 1.54) is 31.0 Å². The van der Waals surface area contributed by atoms with Crippen molar-refractivity contribution in [3.05, 3.63) is 92.9 Å². The van der Waals surface area contributed by atoms with Gasteiger partial charge in [-0.3, -0.25) is 19.8 Å². The van der Waals surface area contributed by atoms with Crippen molar-refractivity contribution < 1.29 is 23.9 Å². The highest BCUT2D eigenvalue weighted by molar-refractivity contribution is 8.18. The topological polar surface area (TPSA) is 104 Å². The molecule has 4 rings (SSSR count). The Morgan fingerprint density at radius 2 is 1.81 bits per heavy atom. The van der Waals surface area contributed by atoms with Crippen LogP contribution in [-0.2, 0) is 11.4 Å².